The van der Waals surface area contributed by atoms with Crippen LogP contribution in [0.2, 0.25) is 0 Å². The molecular weight excluding hydrogens is 563 g/mol. The van der Waals surface area contributed by atoms with Crippen LogP contribution in [0.1, 0.15) is 52.0 Å². The Morgan fingerprint density at radius 2 is 1.82 bits per heavy atom. The molecule has 0 unspecified atom stereocenters. The number of anilines is 3. The SMILES string of the molecule is CNc1ncc2cc(-c3ccc(F)c(NC(=O)Nc4cc(C(C)(C)C)nn4-c4ccc(C#N)nc4)c3)c(=O)n(C(C)C)c2n1. The van der Waals surface area contributed by atoms with Gasteiger partial charge in [0, 0.05) is 41.7 Å². The van der Waals surface area contributed by atoms with Crippen LogP contribution in [-0.2, 0) is 5.41 Å². The predicted octanol–water partition coefficient (Wildman–Crippen LogP) is 5.61. The number of nitrogens with zero attached hydrogens (tertiary/aromatic N) is 7. The summed E-state index contributed by atoms with van der Waals surface area (Å²) in [7, 11) is 1.69. The molecule has 2 amide bonds. The average Bonchev–Trinajstić information content (AvgIpc) is 3.41. The van der Waals surface area contributed by atoms with Gasteiger partial charge < -0.3 is 10.6 Å². The fourth-order valence-electron chi connectivity index (χ4n) is 4.60. The number of hydrogen-bond donors (Lipinski definition) is 3. The fraction of sp³-hybridized carbons (Fsp3) is 0.258. The van der Waals surface area contributed by atoms with Gasteiger partial charge in [0.1, 0.15) is 29.0 Å². The molecule has 0 saturated carbocycles. The summed E-state index contributed by atoms with van der Waals surface area (Å²) < 4.78 is 18.1. The number of fused-ring (bicyclic) bond motifs is 1. The van der Waals surface area contributed by atoms with Crippen molar-refractivity contribution < 1.29 is 9.18 Å². The Kier molecular flexibility index (Phi) is 7.84. The largest absolute Gasteiger partial charge is 0.357 e. The van der Waals surface area contributed by atoms with Crippen LogP contribution in [0.3, 0.4) is 0 Å². The third-order valence-electron chi connectivity index (χ3n) is 6.87. The lowest BCUT2D eigenvalue weighted by Crippen LogP contribution is -2.25. The Balaban J connectivity index is 1.49. The number of halogens is 1. The van der Waals surface area contributed by atoms with E-state index < -0.39 is 11.8 Å². The van der Waals surface area contributed by atoms with E-state index in [1.165, 1.54) is 29.1 Å². The van der Waals surface area contributed by atoms with E-state index in [2.05, 4.69) is 36.0 Å². The number of benzene rings is 1. The zero-order valence-corrected chi connectivity index (χ0v) is 25.1. The van der Waals surface area contributed by atoms with Gasteiger partial charge in [0.2, 0.25) is 5.95 Å². The van der Waals surface area contributed by atoms with Crippen molar-refractivity contribution in [2.24, 2.45) is 0 Å². The van der Waals surface area contributed by atoms with Gasteiger partial charge >= 0.3 is 6.03 Å². The first kappa shape index (κ1) is 29.8. The zero-order valence-electron chi connectivity index (χ0n) is 25.1. The lowest BCUT2D eigenvalue weighted by atomic mass is 9.92. The molecule has 0 aliphatic rings. The molecule has 0 spiro atoms. The average molecular weight is 595 g/mol. The Bertz CT molecular complexity index is 1980. The van der Waals surface area contributed by atoms with Gasteiger partial charge in [-0.05, 0) is 49.7 Å². The molecular formula is C31H31FN10O2. The summed E-state index contributed by atoms with van der Waals surface area (Å²) in [4.78, 5) is 39.7. The van der Waals surface area contributed by atoms with Gasteiger partial charge in [0.05, 0.1) is 23.3 Å². The van der Waals surface area contributed by atoms with Crippen molar-refractivity contribution in [2.45, 2.75) is 46.1 Å². The van der Waals surface area contributed by atoms with Crippen LogP contribution >= 0.6 is 0 Å². The van der Waals surface area contributed by atoms with Crippen molar-refractivity contribution in [1.29, 1.82) is 5.26 Å². The van der Waals surface area contributed by atoms with Gasteiger partial charge in [-0.15, -0.1) is 0 Å². The van der Waals surface area contributed by atoms with Gasteiger partial charge in [-0.3, -0.25) is 14.7 Å². The highest BCUT2D eigenvalue weighted by molar-refractivity contribution is 6.00. The number of rotatable bonds is 6. The number of carbonyl (C=O) groups excluding carboxylic acids is 1. The first-order chi connectivity index (χ1) is 20.9. The molecule has 12 nitrogen and oxygen atoms in total. The summed E-state index contributed by atoms with van der Waals surface area (Å²) in [6, 6.07) is 11.7. The Labute approximate surface area is 252 Å². The summed E-state index contributed by atoms with van der Waals surface area (Å²) in [6.07, 6.45) is 3.09. The summed E-state index contributed by atoms with van der Waals surface area (Å²) in [5.74, 6) is 0.00609. The van der Waals surface area contributed by atoms with Crippen LogP contribution in [0.4, 0.5) is 26.6 Å². The van der Waals surface area contributed by atoms with Crippen LogP contribution in [0.5, 0.6) is 0 Å². The van der Waals surface area contributed by atoms with E-state index in [1.807, 2.05) is 40.7 Å². The summed E-state index contributed by atoms with van der Waals surface area (Å²) in [5, 5.41) is 22.5. The molecule has 0 radical (unpaired) electrons. The number of hydrogen-bond acceptors (Lipinski definition) is 8. The molecule has 13 heteroatoms. The number of nitrogens with one attached hydrogen (secondary N) is 3. The van der Waals surface area contributed by atoms with Crippen molar-refractivity contribution in [3.8, 4) is 22.9 Å². The zero-order chi connectivity index (χ0) is 31.8. The van der Waals surface area contributed by atoms with E-state index in [9.17, 15) is 9.59 Å². The molecule has 1 aromatic carbocycles. The molecule has 5 rings (SSSR count). The number of amides is 2. The molecule has 0 aliphatic heterocycles. The molecule has 3 N–H and O–H groups in total. The smallest absolute Gasteiger partial charge is 0.324 e. The van der Waals surface area contributed by atoms with Gasteiger partial charge in [-0.1, -0.05) is 26.8 Å². The Morgan fingerprint density at radius 3 is 2.45 bits per heavy atom. The van der Waals surface area contributed by atoms with Crippen molar-refractivity contribution in [1.82, 2.24) is 29.3 Å². The molecule has 0 bridgehead atoms. The van der Waals surface area contributed by atoms with Gasteiger partial charge in [0.15, 0.2) is 0 Å². The van der Waals surface area contributed by atoms with Crippen LogP contribution in [0.25, 0.3) is 27.8 Å². The van der Waals surface area contributed by atoms with Gasteiger partial charge in [-0.2, -0.15) is 15.3 Å². The normalized spacial score (nSPS) is 11.4. The minimum absolute atomic E-state index is 0.125. The summed E-state index contributed by atoms with van der Waals surface area (Å²) >= 11 is 0. The number of urea groups is 1. The van der Waals surface area contributed by atoms with E-state index in [0.29, 0.717) is 45.3 Å². The molecule has 5 aromatic rings. The van der Waals surface area contributed by atoms with Crippen molar-refractivity contribution in [2.75, 3.05) is 23.0 Å². The standard InChI is InChI=1S/C31H31FN10O2/c1-17(2)41-27-19(15-36-29(34-6)39-27)11-22(28(41)43)18-7-10-23(32)24(12-18)37-30(44)38-26-13-25(31(3,4)5)40-42(26)21-9-8-20(14-33)35-16-21/h7-13,15-17H,1-6H3,(H,34,36,39)(H2,37,38,44). The maximum Gasteiger partial charge on any atom is 0.324 e. The van der Waals surface area contributed by atoms with Crippen molar-refractivity contribution in [3.05, 3.63) is 82.4 Å². The van der Waals surface area contributed by atoms with E-state index in [4.69, 9.17) is 5.26 Å². The van der Waals surface area contributed by atoms with E-state index in [1.54, 1.807) is 42.1 Å². The second-order valence-electron chi connectivity index (χ2n) is 11.4. The summed E-state index contributed by atoms with van der Waals surface area (Å²) in [6.45, 7) is 9.68. The Morgan fingerprint density at radius 1 is 1.05 bits per heavy atom. The first-order valence-electron chi connectivity index (χ1n) is 13.8. The third kappa shape index (κ3) is 5.82. The van der Waals surface area contributed by atoms with Crippen LogP contribution < -0.4 is 21.5 Å². The quantitative estimate of drug-likeness (QED) is 0.229. The minimum Gasteiger partial charge on any atom is -0.357 e. The molecule has 44 heavy (non-hydrogen) atoms. The van der Waals surface area contributed by atoms with Crippen LogP contribution in [-0.4, -0.2) is 42.4 Å². The molecule has 4 heterocycles. The highest BCUT2D eigenvalue weighted by Crippen LogP contribution is 2.28. The Hall–Kier alpha value is -5.64. The molecule has 0 aliphatic carbocycles. The van der Waals surface area contributed by atoms with Crippen LogP contribution in [0, 0.1) is 17.1 Å². The number of carbonyl (C=O) groups is 1. The second-order valence-corrected chi connectivity index (χ2v) is 11.4. The maximum absolute atomic E-state index is 15.0. The van der Waals surface area contributed by atoms with Crippen molar-refractivity contribution >= 4 is 34.5 Å². The van der Waals surface area contributed by atoms with Crippen molar-refractivity contribution in [3.63, 3.8) is 0 Å². The molecule has 4 aromatic heterocycles. The number of pyridine rings is 2. The topological polar surface area (TPSA) is 155 Å². The monoisotopic (exact) mass is 594 g/mol. The van der Waals surface area contributed by atoms with E-state index in [0.717, 1.165) is 0 Å². The van der Waals surface area contributed by atoms with Gasteiger partial charge in [-0.25, -0.2) is 23.8 Å². The third-order valence-corrected chi connectivity index (χ3v) is 6.87. The fourth-order valence-corrected chi connectivity index (χ4v) is 4.60. The maximum atomic E-state index is 15.0. The number of aromatic nitrogens is 6. The van der Waals surface area contributed by atoms with Crippen LogP contribution in [0.15, 0.2) is 59.7 Å². The minimum atomic E-state index is -0.727. The van der Waals surface area contributed by atoms with Gasteiger partial charge in [0.25, 0.3) is 5.56 Å². The lowest BCUT2D eigenvalue weighted by molar-refractivity contribution is 0.262. The lowest BCUT2D eigenvalue weighted by Gasteiger charge is -2.16. The molecule has 0 fully saturated rings. The summed E-state index contributed by atoms with van der Waals surface area (Å²) in [5.41, 5.74) is 1.84. The highest BCUT2D eigenvalue weighted by Gasteiger charge is 2.22. The second kappa shape index (κ2) is 11.6. The van der Waals surface area contributed by atoms with E-state index >= 15 is 4.39 Å². The molecule has 224 valence electrons. The highest BCUT2D eigenvalue weighted by atomic mass is 19.1. The molecule has 0 atom stereocenters. The predicted molar refractivity (Wildman–Crippen MR) is 167 cm³/mol. The number of nitriles is 1. The first-order valence-corrected chi connectivity index (χ1v) is 13.8. The van der Waals surface area contributed by atoms with E-state index in [-0.39, 0.29) is 28.4 Å². The molecule has 0 saturated heterocycles.